The molecule has 2 N–H and O–H groups in total. The van der Waals surface area contributed by atoms with E-state index >= 15 is 0 Å². The van der Waals surface area contributed by atoms with Crippen LogP contribution in [-0.2, 0) is 26.0 Å². The van der Waals surface area contributed by atoms with Gasteiger partial charge in [0.05, 0.1) is 17.9 Å². The minimum atomic E-state index is -3.55. The van der Waals surface area contributed by atoms with E-state index in [-0.39, 0.29) is 17.2 Å². The summed E-state index contributed by atoms with van der Waals surface area (Å²) >= 11 is 0. The Morgan fingerprint density at radius 3 is 2.60 bits per heavy atom. The highest BCUT2D eigenvalue weighted by atomic mass is 32.2. The maximum atomic E-state index is 12.1. The number of ether oxygens (including phenoxy) is 1. The lowest BCUT2D eigenvalue weighted by Gasteiger charge is -2.10. The zero-order valence-electron chi connectivity index (χ0n) is 10.9. The highest BCUT2D eigenvalue weighted by Gasteiger charge is 2.20. The lowest BCUT2D eigenvalue weighted by Crippen LogP contribution is -2.29. The molecule has 0 spiro atoms. The third-order valence-corrected chi connectivity index (χ3v) is 4.61. The Kier molecular flexibility index (Phi) is 4.74. The number of rotatable bonds is 6. The van der Waals surface area contributed by atoms with Crippen molar-refractivity contribution in [3.8, 4) is 0 Å². The summed E-state index contributed by atoms with van der Waals surface area (Å²) in [6, 6.07) is 5.88. The van der Waals surface area contributed by atoms with E-state index in [1.165, 1.54) is 24.3 Å². The topological polar surface area (TPSA) is 92.7 Å². The summed E-state index contributed by atoms with van der Waals surface area (Å²) in [6.45, 7) is 1.62. The zero-order chi connectivity index (χ0) is 14.6. The van der Waals surface area contributed by atoms with E-state index < -0.39 is 16.0 Å². The van der Waals surface area contributed by atoms with E-state index in [0.717, 1.165) is 6.42 Å². The number of sulfonamides is 1. The molecule has 0 aliphatic carbocycles. The summed E-state index contributed by atoms with van der Waals surface area (Å²) < 4.78 is 31.9. The fourth-order valence-corrected chi connectivity index (χ4v) is 3.13. The lowest BCUT2D eigenvalue weighted by molar-refractivity contribution is -0.136. The summed E-state index contributed by atoms with van der Waals surface area (Å²) in [5.74, 6) is -0.726. The Hall–Kier alpha value is -1.44. The third-order valence-electron chi connectivity index (χ3n) is 3.18. The Bertz CT molecular complexity index is 561. The van der Waals surface area contributed by atoms with Crippen LogP contribution in [0, 0.1) is 5.92 Å². The maximum absolute atomic E-state index is 12.1. The number of carboxylic acid groups (broad SMARTS) is 1. The fourth-order valence-electron chi connectivity index (χ4n) is 2.02. The molecule has 1 heterocycles. The predicted molar refractivity (Wildman–Crippen MR) is 71.9 cm³/mol. The fraction of sp³-hybridized carbons (Fsp3) is 0.462. The Balaban J connectivity index is 1.99. The molecule has 110 valence electrons. The van der Waals surface area contributed by atoms with Gasteiger partial charge in [0.2, 0.25) is 10.0 Å². The van der Waals surface area contributed by atoms with E-state index in [9.17, 15) is 13.2 Å². The van der Waals surface area contributed by atoms with Gasteiger partial charge in [0.1, 0.15) is 0 Å². The number of carbonyl (C=O) groups is 1. The molecule has 1 fully saturated rings. The van der Waals surface area contributed by atoms with E-state index in [2.05, 4.69) is 4.72 Å². The van der Waals surface area contributed by atoms with E-state index in [4.69, 9.17) is 9.84 Å². The van der Waals surface area contributed by atoms with Gasteiger partial charge < -0.3 is 9.84 Å². The van der Waals surface area contributed by atoms with Crippen molar-refractivity contribution in [3.05, 3.63) is 29.8 Å². The maximum Gasteiger partial charge on any atom is 0.307 e. The van der Waals surface area contributed by atoms with Crippen LogP contribution in [0.3, 0.4) is 0 Å². The summed E-state index contributed by atoms with van der Waals surface area (Å²) in [5, 5.41) is 8.66. The van der Waals surface area contributed by atoms with Crippen molar-refractivity contribution < 1.29 is 23.1 Å². The molecular formula is C13H17NO5S. The van der Waals surface area contributed by atoms with Gasteiger partial charge in [0.15, 0.2) is 0 Å². The van der Waals surface area contributed by atoms with Crippen molar-refractivity contribution in [2.45, 2.75) is 17.7 Å². The zero-order valence-corrected chi connectivity index (χ0v) is 11.7. The van der Waals surface area contributed by atoms with Crippen LogP contribution in [-0.4, -0.2) is 39.3 Å². The predicted octanol–water partition coefficient (Wildman–Crippen LogP) is 0.628. The van der Waals surface area contributed by atoms with Crippen molar-refractivity contribution in [1.82, 2.24) is 4.72 Å². The number of carboxylic acids is 1. The van der Waals surface area contributed by atoms with Gasteiger partial charge in [-0.2, -0.15) is 0 Å². The molecule has 2 rings (SSSR count). The Morgan fingerprint density at radius 1 is 1.35 bits per heavy atom. The van der Waals surface area contributed by atoms with Gasteiger partial charge in [0.25, 0.3) is 0 Å². The molecule has 0 radical (unpaired) electrons. The highest BCUT2D eigenvalue weighted by molar-refractivity contribution is 7.89. The van der Waals surface area contributed by atoms with Crippen LogP contribution in [0.1, 0.15) is 12.0 Å². The molecule has 6 nitrogen and oxygen atoms in total. The molecule has 0 aromatic heterocycles. The molecule has 7 heteroatoms. The molecule has 0 saturated carbocycles. The van der Waals surface area contributed by atoms with Gasteiger partial charge in [-0.25, -0.2) is 13.1 Å². The standard InChI is InChI=1S/C13H17NO5S/c15-13(16)7-10-1-3-12(4-2-10)20(17,18)14-8-11-5-6-19-9-11/h1-4,11,14H,5-9H2,(H,15,16). The first-order valence-electron chi connectivity index (χ1n) is 6.35. The molecule has 1 saturated heterocycles. The minimum absolute atomic E-state index is 0.118. The highest BCUT2D eigenvalue weighted by Crippen LogP contribution is 2.14. The Labute approximate surface area is 117 Å². The molecule has 1 aromatic carbocycles. The first-order valence-corrected chi connectivity index (χ1v) is 7.84. The van der Waals surface area contributed by atoms with Crippen LogP contribution in [0.15, 0.2) is 29.2 Å². The molecule has 1 atom stereocenters. The first-order chi connectivity index (χ1) is 9.47. The van der Waals surface area contributed by atoms with Gasteiger partial charge in [-0.05, 0) is 30.0 Å². The monoisotopic (exact) mass is 299 g/mol. The largest absolute Gasteiger partial charge is 0.481 e. The van der Waals surface area contributed by atoms with E-state index in [0.29, 0.717) is 25.3 Å². The van der Waals surface area contributed by atoms with Crippen LogP contribution >= 0.6 is 0 Å². The first kappa shape index (κ1) is 15.0. The molecular weight excluding hydrogens is 282 g/mol. The van der Waals surface area contributed by atoms with Gasteiger partial charge in [0, 0.05) is 13.2 Å². The molecule has 0 amide bonds. The van der Waals surface area contributed by atoms with Crippen LogP contribution in [0.2, 0.25) is 0 Å². The number of hydrogen-bond acceptors (Lipinski definition) is 4. The average molecular weight is 299 g/mol. The van der Waals surface area contributed by atoms with E-state index in [1.807, 2.05) is 0 Å². The van der Waals surface area contributed by atoms with Crippen LogP contribution < -0.4 is 4.72 Å². The van der Waals surface area contributed by atoms with Crippen LogP contribution in [0.25, 0.3) is 0 Å². The van der Waals surface area contributed by atoms with Crippen molar-refractivity contribution in [2.75, 3.05) is 19.8 Å². The smallest absolute Gasteiger partial charge is 0.307 e. The second kappa shape index (κ2) is 6.34. The lowest BCUT2D eigenvalue weighted by atomic mass is 10.1. The number of aliphatic carboxylic acids is 1. The van der Waals surface area contributed by atoms with Crippen LogP contribution in [0.4, 0.5) is 0 Å². The van der Waals surface area contributed by atoms with Gasteiger partial charge >= 0.3 is 5.97 Å². The molecule has 1 unspecified atom stereocenters. The normalized spacial score (nSPS) is 19.1. The van der Waals surface area contributed by atoms with Crippen molar-refractivity contribution in [3.63, 3.8) is 0 Å². The second-order valence-corrected chi connectivity index (χ2v) is 6.56. The summed E-state index contributed by atoms with van der Waals surface area (Å²) in [6.07, 6.45) is 0.743. The molecule has 1 aliphatic rings. The number of nitrogens with one attached hydrogen (secondary N) is 1. The third kappa shape index (κ3) is 4.03. The quantitative estimate of drug-likeness (QED) is 0.803. The number of hydrogen-bond donors (Lipinski definition) is 2. The summed E-state index contributed by atoms with van der Waals surface area (Å²) in [7, 11) is -3.55. The van der Waals surface area contributed by atoms with Crippen molar-refractivity contribution >= 4 is 16.0 Å². The Morgan fingerprint density at radius 2 is 2.05 bits per heavy atom. The summed E-state index contributed by atoms with van der Waals surface area (Å²) in [5.41, 5.74) is 0.570. The summed E-state index contributed by atoms with van der Waals surface area (Å²) in [4.78, 5) is 10.7. The van der Waals surface area contributed by atoms with Crippen LogP contribution in [0.5, 0.6) is 0 Å². The SMILES string of the molecule is O=C(O)Cc1ccc(S(=O)(=O)NCC2CCOC2)cc1. The van der Waals surface area contributed by atoms with Gasteiger partial charge in [-0.3, -0.25) is 4.79 Å². The average Bonchev–Trinajstić information content (AvgIpc) is 2.89. The van der Waals surface area contributed by atoms with Crippen molar-refractivity contribution in [1.29, 1.82) is 0 Å². The molecule has 1 aromatic rings. The minimum Gasteiger partial charge on any atom is -0.481 e. The molecule has 0 bridgehead atoms. The molecule has 20 heavy (non-hydrogen) atoms. The van der Waals surface area contributed by atoms with Gasteiger partial charge in [-0.1, -0.05) is 12.1 Å². The van der Waals surface area contributed by atoms with Gasteiger partial charge in [-0.15, -0.1) is 0 Å². The van der Waals surface area contributed by atoms with E-state index in [1.54, 1.807) is 0 Å². The van der Waals surface area contributed by atoms with Crippen molar-refractivity contribution in [2.24, 2.45) is 5.92 Å². The second-order valence-electron chi connectivity index (χ2n) is 4.80. The molecule has 1 aliphatic heterocycles. The number of benzene rings is 1.